The van der Waals surface area contributed by atoms with E-state index in [0.29, 0.717) is 22.9 Å². The molecule has 0 N–H and O–H groups in total. The SMILES string of the molecule is Cc1cc(C)c(C(=O)c2ccccc2[P](=O)CC(C)C)c(C)c1. The highest BCUT2D eigenvalue weighted by Crippen LogP contribution is 2.27. The highest BCUT2D eigenvalue weighted by molar-refractivity contribution is 7.53. The van der Waals surface area contributed by atoms with Crippen molar-refractivity contribution in [1.29, 1.82) is 0 Å². The summed E-state index contributed by atoms with van der Waals surface area (Å²) in [7, 11) is -1.56. The minimum absolute atomic E-state index is 0.0253. The molecule has 1 atom stereocenters. The van der Waals surface area contributed by atoms with Crippen LogP contribution in [0.4, 0.5) is 0 Å². The smallest absolute Gasteiger partial charge is 0.194 e. The van der Waals surface area contributed by atoms with Crippen LogP contribution in [0.5, 0.6) is 0 Å². The fraction of sp³-hybridized carbons (Fsp3) is 0.350. The summed E-state index contributed by atoms with van der Waals surface area (Å²) in [5.74, 6) is 0.312. The van der Waals surface area contributed by atoms with E-state index in [4.69, 9.17) is 0 Å². The zero-order valence-electron chi connectivity index (χ0n) is 14.5. The Balaban J connectivity index is 2.51. The van der Waals surface area contributed by atoms with Crippen LogP contribution in [-0.2, 0) is 4.57 Å². The third-order valence-corrected chi connectivity index (χ3v) is 5.84. The maximum absolute atomic E-state index is 13.1. The molecule has 23 heavy (non-hydrogen) atoms. The largest absolute Gasteiger partial charge is 0.289 e. The van der Waals surface area contributed by atoms with E-state index < -0.39 is 7.80 Å². The van der Waals surface area contributed by atoms with Gasteiger partial charge in [-0.25, -0.2) is 0 Å². The van der Waals surface area contributed by atoms with Crippen LogP contribution >= 0.6 is 7.80 Å². The van der Waals surface area contributed by atoms with Crippen molar-refractivity contribution in [3.8, 4) is 0 Å². The quantitative estimate of drug-likeness (QED) is 0.575. The number of hydrogen-bond donors (Lipinski definition) is 0. The lowest BCUT2D eigenvalue weighted by molar-refractivity contribution is 0.103. The van der Waals surface area contributed by atoms with Gasteiger partial charge in [-0.1, -0.05) is 43.7 Å². The van der Waals surface area contributed by atoms with Gasteiger partial charge >= 0.3 is 0 Å². The number of hydrogen-bond acceptors (Lipinski definition) is 2. The van der Waals surface area contributed by atoms with E-state index in [2.05, 4.69) is 0 Å². The molecule has 1 radical (unpaired) electrons. The monoisotopic (exact) mass is 327 g/mol. The minimum atomic E-state index is -1.56. The second-order valence-electron chi connectivity index (χ2n) is 6.57. The predicted octanol–water partition coefficient (Wildman–Crippen LogP) is 4.95. The summed E-state index contributed by atoms with van der Waals surface area (Å²) in [4.78, 5) is 13.1. The van der Waals surface area contributed by atoms with Crippen LogP contribution < -0.4 is 5.30 Å². The molecule has 0 heterocycles. The van der Waals surface area contributed by atoms with Crippen molar-refractivity contribution in [2.45, 2.75) is 34.6 Å². The average Bonchev–Trinajstić information content (AvgIpc) is 2.45. The third kappa shape index (κ3) is 3.95. The van der Waals surface area contributed by atoms with Gasteiger partial charge in [0.05, 0.1) is 0 Å². The first-order valence-electron chi connectivity index (χ1n) is 7.97. The summed E-state index contributed by atoms with van der Waals surface area (Å²) in [6, 6.07) is 11.4. The Labute approximate surface area is 139 Å². The van der Waals surface area contributed by atoms with Crippen molar-refractivity contribution in [1.82, 2.24) is 0 Å². The second-order valence-corrected chi connectivity index (χ2v) is 8.18. The van der Waals surface area contributed by atoms with E-state index >= 15 is 0 Å². The zero-order valence-corrected chi connectivity index (χ0v) is 15.4. The third-order valence-electron chi connectivity index (χ3n) is 3.85. The Kier molecular flexibility index (Phi) is 5.49. The van der Waals surface area contributed by atoms with E-state index in [-0.39, 0.29) is 5.78 Å². The summed E-state index contributed by atoms with van der Waals surface area (Å²) >= 11 is 0. The topological polar surface area (TPSA) is 34.1 Å². The molecule has 2 rings (SSSR count). The van der Waals surface area contributed by atoms with E-state index in [1.165, 1.54) is 0 Å². The number of carbonyl (C=O) groups is 1. The normalized spacial score (nSPS) is 11.7. The van der Waals surface area contributed by atoms with Crippen LogP contribution in [0, 0.1) is 26.7 Å². The van der Waals surface area contributed by atoms with Gasteiger partial charge < -0.3 is 0 Å². The summed E-state index contributed by atoms with van der Waals surface area (Å²) < 4.78 is 12.6. The van der Waals surface area contributed by atoms with Gasteiger partial charge in [-0.2, -0.15) is 0 Å². The fourth-order valence-electron chi connectivity index (χ4n) is 2.99. The summed E-state index contributed by atoms with van der Waals surface area (Å²) in [6.45, 7) is 10.0. The van der Waals surface area contributed by atoms with Crippen LogP contribution in [0.25, 0.3) is 0 Å². The molecular formula is C20H24O2P. The van der Waals surface area contributed by atoms with Crippen molar-refractivity contribution >= 4 is 18.9 Å². The van der Waals surface area contributed by atoms with Crippen LogP contribution in [0.3, 0.4) is 0 Å². The maximum Gasteiger partial charge on any atom is 0.194 e. The van der Waals surface area contributed by atoms with Gasteiger partial charge in [-0.05, 0) is 49.9 Å². The average molecular weight is 327 g/mol. The highest BCUT2D eigenvalue weighted by Gasteiger charge is 2.21. The Bertz CT molecular complexity index is 737. The summed E-state index contributed by atoms with van der Waals surface area (Å²) in [6.07, 6.45) is 0.603. The predicted molar refractivity (Wildman–Crippen MR) is 97.5 cm³/mol. The Hall–Kier alpha value is -1.79. The highest BCUT2D eigenvalue weighted by atomic mass is 31.1. The molecule has 0 saturated heterocycles. The van der Waals surface area contributed by atoms with Gasteiger partial charge in [0.15, 0.2) is 5.78 Å². The molecule has 3 heteroatoms. The molecule has 0 aliphatic carbocycles. The summed E-state index contributed by atoms with van der Waals surface area (Å²) in [5.41, 5.74) is 4.40. The minimum Gasteiger partial charge on any atom is -0.289 e. The lowest BCUT2D eigenvalue weighted by atomic mass is 9.93. The van der Waals surface area contributed by atoms with Gasteiger partial charge in [0, 0.05) is 22.6 Å². The van der Waals surface area contributed by atoms with Crippen LogP contribution in [0.2, 0.25) is 0 Å². The lowest BCUT2D eigenvalue weighted by Gasteiger charge is -2.13. The first-order chi connectivity index (χ1) is 10.8. The Morgan fingerprint density at radius 1 is 1.04 bits per heavy atom. The van der Waals surface area contributed by atoms with Gasteiger partial charge in [0.2, 0.25) is 0 Å². The number of benzene rings is 2. The Morgan fingerprint density at radius 2 is 1.61 bits per heavy atom. The molecule has 0 bridgehead atoms. The molecule has 1 unspecified atom stereocenters. The molecule has 0 aliphatic rings. The zero-order chi connectivity index (χ0) is 17.1. The standard InChI is InChI=1S/C20H24O2P/c1-13(2)12-23(22)18-9-7-6-8-17(18)20(21)19-15(4)10-14(3)11-16(19)5/h6-11,13H,12H2,1-5H3. The van der Waals surface area contributed by atoms with E-state index in [0.717, 1.165) is 22.3 Å². The lowest BCUT2D eigenvalue weighted by Crippen LogP contribution is -2.16. The second kappa shape index (κ2) is 7.19. The van der Waals surface area contributed by atoms with Crippen molar-refractivity contribution < 1.29 is 9.36 Å². The van der Waals surface area contributed by atoms with E-state index in [1.807, 2.05) is 65.0 Å². The molecule has 0 aliphatic heterocycles. The molecule has 2 nitrogen and oxygen atoms in total. The van der Waals surface area contributed by atoms with Crippen molar-refractivity contribution in [3.05, 3.63) is 64.2 Å². The number of carbonyl (C=O) groups excluding carboxylic acids is 1. The summed E-state index contributed by atoms with van der Waals surface area (Å²) in [5, 5.41) is 0.681. The molecule has 0 spiro atoms. The molecule has 121 valence electrons. The van der Waals surface area contributed by atoms with Gasteiger partial charge in [-0.3, -0.25) is 9.36 Å². The van der Waals surface area contributed by atoms with E-state index in [1.54, 1.807) is 6.07 Å². The molecule has 0 saturated carbocycles. The first kappa shape index (κ1) is 17.6. The number of aryl methyl sites for hydroxylation is 3. The maximum atomic E-state index is 13.1. The molecule has 0 fully saturated rings. The molecule has 2 aromatic carbocycles. The Morgan fingerprint density at radius 3 is 2.17 bits per heavy atom. The fourth-order valence-corrected chi connectivity index (χ4v) is 4.54. The van der Waals surface area contributed by atoms with Crippen molar-refractivity contribution in [2.24, 2.45) is 5.92 Å². The molecule has 0 amide bonds. The van der Waals surface area contributed by atoms with Gasteiger partial charge in [0.25, 0.3) is 0 Å². The van der Waals surface area contributed by atoms with Crippen molar-refractivity contribution in [3.63, 3.8) is 0 Å². The van der Waals surface area contributed by atoms with E-state index in [9.17, 15) is 9.36 Å². The van der Waals surface area contributed by atoms with Gasteiger partial charge in [-0.15, -0.1) is 0 Å². The van der Waals surface area contributed by atoms with Crippen LogP contribution in [-0.4, -0.2) is 11.9 Å². The molecule has 0 aromatic heterocycles. The van der Waals surface area contributed by atoms with Crippen LogP contribution in [0.15, 0.2) is 36.4 Å². The number of rotatable bonds is 5. The van der Waals surface area contributed by atoms with Crippen molar-refractivity contribution in [2.75, 3.05) is 6.16 Å². The van der Waals surface area contributed by atoms with Crippen LogP contribution in [0.1, 0.15) is 46.5 Å². The molecular weight excluding hydrogens is 303 g/mol. The first-order valence-corrected chi connectivity index (χ1v) is 9.42. The van der Waals surface area contributed by atoms with Gasteiger partial charge in [0.1, 0.15) is 7.80 Å². The molecule has 2 aromatic rings. The number of ketones is 1.